The Hall–Kier alpha value is -2.96. The van der Waals surface area contributed by atoms with E-state index in [4.69, 9.17) is 4.42 Å². The third-order valence-corrected chi connectivity index (χ3v) is 4.22. The van der Waals surface area contributed by atoms with Crippen molar-refractivity contribution in [2.24, 2.45) is 0 Å². The molecule has 0 spiro atoms. The zero-order valence-corrected chi connectivity index (χ0v) is 13.6. The second-order valence-electron chi connectivity index (χ2n) is 5.75. The standard InChI is InChI=1S/C17H16N2O5/c1-4-18-15(21)16(22)19(17(18)23)8-11-7-14(20)24-13-6-10(3)9(2)5-12(11)13/h5-7H,4,8H2,1-3H3. The van der Waals surface area contributed by atoms with Gasteiger partial charge in [0, 0.05) is 18.0 Å². The van der Waals surface area contributed by atoms with Crippen LogP contribution in [0.3, 0.4) is 0 Å². The summed E-state index contributed by atoms with van der Waals surface area (Å²) in [5, 5.41) is 0.640. The lowest BCUT2D eigenvalue weighted by atomic mass is 10.0. The van der Waals surface area contributed by atoms with Gasteiger partial charge in [0.1, 0.15) is 5.58 Å². The molecule has 24 heavy (non-hydrogen) atoms. The number of hydrogen-bond acceptors (Lipinski definition) is 5. The van der Waals surface area contributed by atoms with Crippen molar-refractivity contribution in [2.75, 3.05) is 6.54 Å². The molecule has 1 aliphatic heterocycles. The van der Waals surface area contributed by atoms with Crippen LogP contribution in [0.15, 0.2) is 27.4 Å². The highest BCUT2D eigenvalue weighted by atomic mass is 16.4. The number of nitrogens with zero attached hydrogens (tertiary/aromatic N) is 2. The van der Waals surface area contributed by atoms with Crippen LogP contribution >= 0.6 is 0 Å². The number of carbonyl (C=O) groups is 3. The van der Waals surface area contributed by atoms with Gasteiger partial charge in [0.2, 0.25) is 0 Å². The summed E-state index contributed by atoms with van der Waals surface area (Å²) in [4.78, 5) is 49.6. The van der Waals surface area contributed by atoms with Crippen molar-refractivity contribution in [2.45, 2.75) is 27.3 Å². The van der Waals surface area contributed by atoms with E-state index >= 15 is 0 Å². The monoisotopic (exact) mass is 328 g/mol. The molecule has 3 rings (SSSR count). The number of fused-ring (bicyclic) bond motifs is 1. The summed E-state index contributed by atoms with van der Waals surface area (Å²) in [5.41, 5.74) is 2.24. The summed E-state index contributed by atoms with van der Waals surface area (Å²) in [6, 6.07) is 4.16. The van der Waals surface area contributed by atoms with Crippen LogP contribution in [0.1, 0.15) is 23.6 Å². The normalized spacial score (nSPS) is 15.0. The van der Waals surface area contributed by atoms with E-state index in [1.807, 2.05) is 19.9 Å². The van der Waals surface area contributed by atoms with Crippen molar-refractivity contribution >= 4 is 28.8 Å². The zero-order valence-electron chi connectivity index (χ0n) is 13.6. The van der Waals surface area contributed by atoms with Crippen molar-refractivity contribution in [3.05, 3.63) is 45.3 Å². The molecule has 1 aromatic carbocycles. The van der Waals surface area contributed by atoms with Gasteiger partial charge in [-0.2, -0.15) is 0 Å². The lowest BCUT2D eigenvalue weighted by Gasteiger charge is -2.15. The van der Waals surface area contributed by atoms with Crippen LogP contribution in [-0.2, 0) is 16.1 Å². The van der Waals surface area contributed by atoms with Crippen LogP contribution in [0.5, 0.6) is 0 Å². The maximum Gasteiger partial charge on any atom is 0.336 e. The molecule has 0 unspecified atom stereocenters. The van der Waals surface area contributed by atoms with Crippen LogP contribution in [0, 0.1) is 13.8 Å². The Morgan fingerprint density at radius 3 is 2.17 bits per heavy atom. The van der Waals surface area contributed by atoms with E-state index in [1.54, 1.807) is 13.0 Å². The molecular formula is C17H16N2O5. The molecule has 0 radical (unpaired) electrons. The number of aryl methyl sites for hydroxylation is 2. The van der Waals surface area contributed by atoms with Crippen molar-refractivity contribution < 1.29 is 18.8 Å². The van der Waals surface area contributed by atoms with E-state index < -0.39 is 23.5 Å². The van der Waals surface area contributed by atoms with Gasteiger partial charge in [0.05, 0.1) is 6.54 Å². The van der Waals surface area contributed by atoms with Gasteiger partial charge >= 0.3 is 23.5 Å². The molecule has 1 aliphatic rings. The number of imide groups is 2. The molecule has 1 aromatic heterocycles. The number of rotatable bonds is 3. The van der Waals surface area contributed by atoms with Crippen LogP contribution in [0.25, 0.3) is 11.0 Å². The highest BCUT2D eigenvalue weighted by Gasteiger charge is 2.43. The Labute approximate surface area is 137 Å². The summed E-state index contributed by atoms with van der Waals surface area (Å²) < 4.78 is 5.20. The third-order valence-electron chi connectivity index (χ3n) is 4.22. The van der Waals surface area contributed by atoms with Gasteiger partial charge in [-0.1, -0.05) is 0 Å². The van der Waals surface area contributed by atoms with E-state index in [-0.39, 0.29) is 13.1 Å². The fourth-order valence-electron chi connectivity index (χ4n) is 2.75. The van der Waals surface area contributed by atoms with Gasteiger partial charge in [-0.25, -0.2) is 9.59 Å². The van der Waals surface area contributed by atoms with Gasteiger partial charge in [-0.3, -0.25) is 19.4 Å². The fourth-order valence-corrected chi connectivity index (χ4v) is 2.75. The first-order valence-corrected chi connectivity index (χ1v) is 7.54. The molecule has 0 N–H and O–H groups in total. The van der Waals surface area contributed by atoms with E-state index in [0.717, 1.165) is 20.9 Å². The zero-order chi connectivity index (χ0) is 17.6. The quantitative estimate of drug-likeness (QED) is 0.486. The number of amides is 4. The Morgan fingerprint density at radius 2 is 1.54 bits per heavy atom. The first-order chi connectivity index (χ1) is 11.3. The lowest BCUT2D eigenvalue weighted by molar-refractivity contribution is -0.143. The topological polar surface area (TPSA) is 87.9 Å². The van der Waals surface area contributed by atoms with E-state index in [1.165, 1.54) is 6.07 Å². The van der Waals surface area contributed by atoms with Crippen molar-refractivity contribution in [1.82, 2.24) is 9.80 Å². The number of hydrogen-bond donors (Lipinski definition) is 0. The van der Waals surface area contributed by atoms with E-state index in [2.05, 4.69) is 0 Å². The van der Waals surface area contributed by atoms with Crippen molar-refractivity contribution in [1.29, 1.82) is 0 Å². The van der Waals surface area contributed by atoms with E-state index in [9.17, 15) is 19.2 Å². The molecule has 2 heterocycles. The number of benzene rings is 1. The SMILES string of the molecule is CCN1C(=O)C(=O)N(Cc2cc(=O)oc3cc(C)c(C)cc23)C1=O. The molecule has 7 heteroatoms. The largest absolute Gasteiger partial charge is 0.423 e. The van der Waals surface area contributed by atoms with E-state index in [0.29, 0.717) is 16.5 Å². The molecular weight excluding hydrogens is 312 g/mol. The lowest BCUT2D eigenvalue weighted by Crippen LogP contribution is -2.33. The van der Waals surface area contributed by atoms with Gasteiger partial charge in [0.25, 0.3) is 0 Å². The molecule has 4 amide bonds. The second-order valence-corrected chi connectivity index (χ2v) is 5.75. The van der Waals surface area contributed by atoms with Crippen LogP contribution in [0.2, 0.25) is 0 Å². The Bertz CT molecular complexity index is 944. The molecule has 1 fully saturated rings. The average Bonchev–Trinajstić information content (AvgIpc) is 2.72. The van der Waals surface area contributed by atoms with Crippen LogP contribution in [0.4, 0.5) is 4.79 Å². The predicted molar refractivity (Wildman–Crippen MR) is 85.3 cm³/mol. The van der Waals surface area contributed by atoms with Crippen molar-refractivity contribution in [3.63, 3.8) is 0 Å². The summed E-state index contributed by atoms with van der Waals surface area (Å²) >= 11 is 0. The highest BCUT2D eigenvalue weighted by molar-refractivity contribution is 6.44. The molecule has 1 saturated heterocycles. The number of carbonyl (C=O) groups excluding carboxylic acids is 3. The summed E-state index contributed by atoms with van der Waals surface area (Å²) in [7, 11) is 0. The summed E-state index contributed by atoms with van der Waals surface area (Å²) in [5.74, 6) is -1.73. The minimum absolute atomic E-state index is 0.121. The molecule has 0 saturated carbocycles. The Morgan fingerprint density at radius 1 is 0.917 bits per heavy atom. The molecule has 0 atom stereocenters. The highest BCUT2D eigenvalue weighted by Crippen LogP contribution is 2.24. The first-order valence-electron chi connectivity index (χ1n) is 7.54. The number of likely N-dealkylation sites (N-methyl/N-ethyl adjacent to an activating group) is 1. The Balaban J connectivity index is 2.09. The minimum atomic E-state index is -0.882. The van der Waals surface area contributed by atoms with Gasteiger partial charge in [-0.15, -0.1) is 0 Å². The predicted octanol–water partition coefficient (Wildman–Crippen LogP) is 1.72. The number of urea groups is 1. The second kappa shape index (κ2) is 5.59. The first kappa shape index (κ1) is 15.9. The van der Waals surface area contributed by atoms with Crippen molar-refractivity contribution in [3.8, 4) is 0 Å². The fraction of sp³-hybridized carbons (Fsp3) is 0.294. The molecule has 0 aliphatic carbocycles. The van der Waals surface area contributed by atoms with Gasteiger partial charge in [0.15, 0.2) is 0 Å². The summed E-state index contributed by atoms with van der Waals surface area (Å²) in [6.07, 6.45) is 0. The Kier molecular flexibility index (Phi) is 3.71. The maximum atomic E-state index is 12.2. The average molecular weight is 328 g/mol. The smallest absolute Gasteiger partial charge is 0.336 e. The molecule has 0 bridgehead atoms. The minimum Gasteiger partial charge on any atom is -0.423 e. The molecule has 2 aromatic rings. The van der Waals surface area contributed by atoms with Gasteiger partial charge in [-0.05, 0) is 49.6 Å². The maximum absolute atomic E-state index is 12.2. The van der Waals surface area contributed by atoms with Crippen LogP contribution < -0.4 is 5.63 Å². The van der Waals surface area contributed by atoms with Gasteiger partial charge < -0.3 is 4.42 Å². The van der Waals surface area contributed by atoms with Crippen LogP contribution in [-0.4, -0.2) is 34.2 Å². The molecule has 7 nitrogen and oxygen atoms in total. The third kappa shape index (κ3) is 2.38. The molecule has 124 valence electrons. The summed E-state index contributed by atoms with van der Waals surface area (Å²) in [6.45, 7) is 5.40.